The molecule has 8 heteroatoms. The van der Waals surface area contributed by atoms with Crippen LogP contribution in [0.25, 0.3) is 5.69 Å². The smallest absolute Gasteiger partial charge is 0.240 e. The zero-order valence-electron chi connectivity index (χ0n) is 23.6. The lowest BCUT2D eigenvalue weighted by atomic mass is 9.87. The summed E-state index contributed by atoms with van der Waals surface area (Å²) in [6.45, 7) is 14.3. The van der Waals surface area contributed by atoms with Crippen LogP contribution >= 0.6 is 11.8 Å². The van der Waals surface area contributed by atoms with E-state index in [0.29, 0.717) is 5.82 Å². The summed E-state index contributed by atoms with van der Waals surface area (Å²) in [6, 6.07) is 14.1. The van der Waals surface area contributed by atoms with Crippen molar-refractivity contribution in [3.8, 4) is 11.4 Å². The van der Waals surface area contributed by atoms with Crippen LogP contribution in [-0.4, -0.2) is 47.0 Å². The molecule has 1 aromatic heterocycles. The fraction of sp³-hybridized carbons (Fsp3) is 0.433. The van der Waals surface area contributed by atoms with Crippen LogP contribution in [-0.2, 0) is 15.0 Å². The molecular formula is C30H38N4O3S. The van der Waals surface area contributed by atoms with Crippen molar-refractivity contribution in [3.05, 3.63) is 70.4 Å². The van der Waals surface area contributed by atoms with Gasteiger partial charge in [0.1, 0.15) is 18.1 Å². The first-order chi connectivity index (χ1) is 17.9. The van der Waals surface area contributed by atoms with E-state index >= 15 is 0 Å². The summed E-state index contributed by atoms with van der Waals surface area (Å²) in [7, 11) is 1.67. The Morgan fingerprint density at radius 1 is 1.18 bits per heavy atom. The Balaban J connectivity index is 2.06. The van der Waals surface area contributed by atoms with E-state index in [-0.39, 0.29) is 40.8 Å². The molecule has 0 unspecified atom stereocenters. The Morgan fingerprint density at radius 2 is 1.89 bits per heavy atom. The van der Waals surface area contributed by atoms with Gasteiger partial charge >= 0.3 is 0 Å². The lowest BCUT2D eigenvalue weighted by molar-refractivity contribution is -0.123. The van der Waals surface area contributed by atoms with Crippen LogP contribution < -0.4 is 15.0 Å². The predicted octanol–water partition coefficient (Wildman–Crippen LogP) is 5.49. The molecule has 2 heterocycles. The third-order valence-corrected chi connectivity index (χ3v) is 7.79. The van der Waals surface area contributed by atoms with Gasteiger partial charge in [-0.2, -0.15) is 5.10 Å². The minimum absolute atomic E-state index is 0.0332. The van der Waals surface area contributed by atoms with Crippen molar-refractivity contribution in [3.63, 3.8) is 0 Å². The molecule has 7 nitrogen and oxygen atoms in total. The van der Waals surface area contributed by atoms with Crippen LogP contribution in [0.15, 0.2) is 42.5 Å². The largest absolute Gasteiger partial charge is 0.496 e. The number of nitrogens with one attached hydrogen (secondary N) is 1. The molecular weight excluding hydrogens is 496 g/mol. The standard InChI is InChI=1S/C30H38N4O3S/c1-18(2)31-24(35)16-33-25(36)17-38-27(21-11-9-10-12-23(21)37-8)26-28(30(5,6)7)32-34(29(26)33)22-14-13-19(3)15-20(22)4/h9-15,18,27H,16-17H2,1-8H3,(H,31,35)/t27-/m1/s1. The molecule has 0 aliphatic carbocycles. The van der Waals surface area contributed by atoms with Gasteiger partial charge in [-0.3, -0.25) is 14.5 Å². The minimum atomic E-state index is -0.325. The van der Waals surface area contributed by atoms with E-state index in [9.17, 15) is 9.59 Å². The summed E-state index contributed by atoms with van der Waals surface area (Å²) in [6.07, 6.45) is 0. The highest BCUT2D eigenvalue weighted by Gasteiger charge is 2.40. The average Bonchev–Trinajstić information content (AvgIpc) is 3.16. The normalized spacial score (nSPS) is 15.9. The first-order valence-corrected chi connectivity index (χ1v) is 14.0. The van der Waals surface area contributed by atoms with Gasteiger partial charge in [0.05, 0.1) is 29.5 Å². The van der Waals surface area contributed by atoms with Crippen molar-refractivity contribution in [2.45, 2.75) is 65.2 Å². The predicted molar refractivity (Wildman–Crippen MR) is 155 cm³/mol. The fourth-order valence-corrected chi connectivity index (χ4v) is 6.15. The van der Waals surface area contributed by atoms with Gasteiger partial charge in [-0.25, -0.2) is 4.68 Å². The number of benzene rings is 2. The summed E-state index contributed by atoms with van der Waals surface area (Å²) in [5.41, 5.74) is 5.56. The maximum atomic E-state index is 13.8. The molecule has 0 saturated heterocycles. The van der Waals surface area contributed by atoms with Crippen molar-refractivity contribution in [2.75, 3.05) is 24.3 Å². The number of aromatic nitrogens is 2. The van der Waals surface area contributed by atoms with Gasteiger partial charge in [-0.1, -0.05) is 56.7 Å². The second-order valence-corrected chi connectivity index (χ2v) is 12.3. The number of nitrogens with zero attached hydrogens (tertiary/aromatic N) is 3. The Kier molecular flexibility index (Phi) is 7.93. The Bertz CT molecular complexity index is 1360. The molecule has 202 valence electrons. The molecule has 3 aromatic rings. The van der Waals surface area contributed by atoms with Gasteiger partial charge in [0.15, 0.2) is 0 Å². The molecule has 0 saturated carbocycles. The molecule has 0 radical (unpaired) electrons. The topological polar surface area (TPSA) is 76.5 Å². The molecule has 1 N–H and O–H groups in total. The van der Waals surface area contributed by atoms with Crippen LogP contribution in [0.1, 0.15) is 67.8 Å². The van der Waals surface area contributed by atoms with Gasteiger partial charge in [-0.15, -0.1) is 11.8 Å². The molecule has 0 spiro atoms. The lowest BCUT2D eigenvalue weighted by Gasteiger charge is -2.25. The molecule has 2 amide bonds. The van der Waals surface area contributed by atoms with E-state index in [2.05, 4.69) is 39.1 Å². The second-order valence-electron chi connectivity index (χ2n) is 11.2. The van der Waals surface area contributed by atoms with Crippen molar-refractivity contribution in [1.82, 2.24) is 15.1 Å². The number of methoxy groups -OCH3 is 1. The molecule has 1 atom stereocenters. The molecule has 4 rings (SSSR count). The minimum Gasteiger partial charge on any atom is -0.496 e. The molecule has 0 bridgehead atoms. The van der Waals surface area contributed by atoms with E-state index in [0.717, 1.165) is 39.4 Å². The highest BCUT2D eigenvalue weighted by Crippen LogP contribution is 2.50. The molecule has 1 aliphatic rings. The summed E-state index contributed by atoms with van der Waals surface area (Å²) in [5.74, 6) is 1.30. The van der Waals surface area contributed by atoms with E-state index in [1.807, 2.05) is 61.9 Å². The number of para-hydroxylation sites is 1. The van der Waals surface area contributed by atoms with Gasteiger partial charge in [0, 0.05) is 22.6 Å². The van der Waals surface area contributed by atoms with E-state index in [1.165, 1.54) is 0 Å². The SMILES string of the molecule is COc1ccccc1[C@H]1SCC(=O)N(CC(=O)NC(C)C)c2c1c(C(C)(C)C)nn2-c1ccc(C)cc1C. The number of thioether (sulfide) groups is 1. The monoisotopic (exact) mass is 534 g/mol. The number of anilines is 1. The highest BCUT2D eigenvalue weighted by atomic mass is 32.2. The Hall–Kier alpha value is -3.26. The third kappa shape index (κ3) is 5.46. The zero-order valence-corrected chi connectivity index (χ0v) is 24.4. The fourth-order valence-electron chi connectivity index (χ4n) is 4.92. The second kappa shape index (κ2) is 10.8. The van der Waals surface area contributed by atoms with E-state index < -0.39 is 0 Å². The van der Waals surface area contributed by atoms with Gasteiger partial charge < -0.3 is 10.1 Å². The lowest BCUT2D eigenvalue weighted by Crippen LogP contribution is -2.44. The number of fused-ring (bicyclic) bond motifs is 1. The molecule has 2 aromatic carbocycles. The van der Waals surface area contributed by atoms with Crippen molar-refractivity contribution in [1.29, 1.82) is 0 Å². The van der Waals surface area contributed by atoms with Crippen LogP contribution in [0.3, 0.4) is 0 Å². The summed E-state index contributed by atoms with van der Waals surface area (Å²) < 4.78 is 7.64. The average molecular weight is 535 g/mol. The molecule has 38 heavy (non-hydrogen) atoms. The number of carbonyl (C=O) groups is 2. The maximum absolute atomic E-state index is 13.8. The van der Waals surface area contributed by atoms with Crippen LogP contribution in [0, 0.1) is 13.8 Å². The Labute approximate surface area is 229 Å². The van der Waals surface area contributed by atoms with Crippen LogP contribution in [0.4, 0.5) is 5.82 Å². The number of carbonyl (C=O) groups excluding carboxylic acids is 2. The van der Waals surface area contributed by atoms with Crippen LogP contribution in [0.2, 0.25) is 0 Å². The van der Waals surface area contributed by atoms with E-state index in [4.69, 9.17) is 9.84 Å². The third-order valence-electron chi connectivity index (χ3n) is 6.55. The summed E-state index contributed by atoms with van der Waals surface area (Å²) in [4.78, 5) is 28.4. The Morgan fingerprint density at radius 3 is 2.53 bits per heavy atom. The number of hydrogen-bond donors (Lipinski definition) is 1. The summed E-state index contributed by atoms with van der Waals surface area (Å²) in [5, 5.41) is 7.92. The number of rotatable bonds is 6. The van der Waals surface area contributed by atoms with Crippen LogP contribution in [0.5, 0.6) is 5.75 Å². The molecule has 1 aliphatic heterocycles. The van der Waals surface area contributed by atoms with Crippen molar-refractivity contribution < 1.29 is 14.3 Å². The zero-order chi connectivity index (χ0) is 27.8. The number of ether oxygens (including phenoxy) is 1. The number of hydrogen-bond acceptors (Lipinski definition) is 5. The molecule has 0 fully saturated rings. The quantitative estimate of drug-likeness (QED) is 0.453. The maximum Gasteiger partial charge on any atom is 0.240 e. The van der Waals surface area contributed by atoms with Crippen molar-refractivity contribution in [2.24, 2.45) is 0 Å². The van der Waals surface area contributed by atoms with E-state index in [1.54, 1.807) is 23.8 Å². The van der Waals surface area contributed by atoms with Gasteiger partial charge in [-0.05, 0) is 45.4 Å². The highest BCUT2D eigenvalue weighted by molar-refractivity contribution is 8.00. The van der Waals surface area contributed by atoms with Crippen molar-refractivity contribution >= 4 is 29.4 Å². The summed E-state index contributed by atoms with van der Waals surface area (Å²) >= 11 is 1.55. The van der Waals surface area contributed by atoms with Gasteiger partial charge in [0.2, 0.25) is 11.8 Å². The first-order valence-electron chi connectivity index (χ1n) is 13.0. The number of amides is 2. The number of aryl methyl sites for hydroxylation is 2. The first kappa shape index (κ1) is 27.8. The van der Waals surface area contributed by atoms with Gasteiger partial charge in [0.25, 0.3) is 0 Å².